The van der Waals surface area contributed by atoms with E-state index >= 15 is 0 Å². The first kappa shape index (κ1) is 20.1. The predicted octanol–water partition coefficient (Wildman–Crippen LogP) is 5.76. The van der Waals surface area contributed by atoms with E-state index in [0.717, 1.165) is 21.2 Å². The number of methoxy groups -OCH3 is 1. The number of carbonyl (C=O) groups excluding carboxylic acids is 1. The molecule has 0 fully saturated rings. The number of nitrogens with one attached hydrogen (secondary N) is 1. The molecular weight excluding hydrogens is 414 g/mol. The lowest BCUT2D eigenvalue weighted by Crippen LogP contribution is -2.12. The molecule has 30 heavy (non-hydrogen) atoms. The van der Waals surface area contributed by atoms with E-state index in [-0.39, 0.29) is 5.91 Å². The number of hydrogen-bond acceptors (Lipinski definition) is 6. The molecule has 5 nitrogen and oxygen atoms in total. The quantitative estimate of drug-likeness (QED) is 0.376. The van der Waals surface area contributed by atoms with Gasteiger partial charge in [-0.1, -0.05) is 60.7 Å². The highest BCUT2D eigenvalue weighted by Gasteiger charge is 2.14. The number of aromatic nitrogens is 2. The van der Waals surface area contributed by atoms with Gasteiger partial charge in [0.1, 0.15) is 10.7 Å². The van der Waals surface area contributed by atoms with E-state index in [9.17, 15) is 4.79 Å². The molecule has 2 heterocycles. The molecule has 7 heteroatoms. The van der Waals surface area contributed by atoms with Gasteiger partial charge in [-0.25, -0.2) is 9.97 Å². The summed E-state index contributed by atoms with van der Waals surface area (Å²) in [6.07, 6.45) is 1.59. The van der Waals surface area contributed by atoms with Gasteiger partial charge in [0.2, 0.25) is 5.88 Å². The fraction of sp³-hybridized carbons (Fsp3) is 0.0870. The Bertz CT molecular complexity index is 1130. The molecule has 2 aromatic heterocycles. The van der Waals surface area contributed by atoms with E-state index in [0.29, 0.717) is 17.3 Å². The maximum Gasteiger partial charge on any atom is 0.275 e. The summed E-state index contributed by atoms with van der Waals surface area (Å²) in [5.74, 6) is 1.05. The van der Waals surface area contributed by atoms with Crippen LogP contribution in [-0.2, 0) is 5.75 Å². The Kier molecular flexibility index (Phi) is 6.41. The third-order valence-electron chi connectivity index (χ3n) is 4.26. The van der Waals surface area contributed by atoms with Crippen LogP contribution in [0.2, 0.25) is 0 Å². The van der Waals surface area contributed by atoms with Gasteiger partial charge in [0, 0.05) is 16.7 Å². The molecule has 0 spiro atoms. The number of thiazole rings is 1. The van der Waals surface area contributed by atoms with Crippen molar-refractivity contribution in [3.63, 3.8) is 0 Å². The predicted molar refractivity (Wildman–Crippen MR) is 122 cm³/mol. The summed E-state index contributed by atoms with van der Waals surface area (Å²) >= 11 is 3.06. The van der Waals surface area contributed by atoms with Crippen molar-refractivity contribution < 1.29 is 9.53 Å². The Labute approximate surface area is 183 Å². The van der Waals surface area contributed by atoms with Crippen molar-refractivity contribution in [1.82, 2.24) is 9.97 Å². The van der Waals surface area contributed by atoms with Crippen molar-refractivity contribution in [2.45, 2.75) is 10.6 Å². The molecule has 0 aliphatic carbocycles. The number of hydrogen-bond donors (Lipinski definition) is 1. The zero-order valence-electron chi connectivity index (χ0n) is 16.2. The van der Waals surface area contributed by atoms with E-state index in [2.05, 4.69) is 27.4 Å². The van der Waals surface area contributed by atoms with Gasteiger partial charge in [-0.3, -0.25) is 4.79 Å². The molecule has 0 aliphatic heterocycles. The second-order valence-corrected chi connectivity index (χ2v) is 8.24. The Morgan fingerprint density at radius 1 is 1.10 bits per heavy atom. The Morgan fingerprint density at radius 3 is 2.57 bits per heavy atom. The molecule has 1 N–H and O–H groups in total. The highest BCUT2D eigenvalue weighted by Crippen LogP contribution is 2.32. The van der Waals surface area contributed by atoms with Crippen molar-refractivity contribution >= 4 is 34.7 Å². The zero-order chi connectivity index (χ0) is 20.8. The summed E-state index contributed by atoms with van der Waals surface area (Å²) in [5.41, 5.74) is 3.18. The molecule has 0 saturated carbocycles. The average Bonchev–Trinajstić information content (AvgIpc) is 3.30. The van der Waals surface area contributed by atoms with E-state index in [4.69, 9.17) is 4.74 Å². The van der Waals surface area contributed by atoms with Gasteiger partial charge in [0.15, 0.2) is 0 Å². The third-order valence-corrected chi connectivity index (χ3v) is 6.24. The summed E-state index contributed by atoms with van der Waals surface area (Å²) in [4.78, 5) is 22.3. The monoisotopic (exact) mass is 433 g/mol. The van der Waals surface area contributed by atoms with Crippen LogP contribution in [0.1, 0.15) is 16.1 Å². The molecule has 0 aliphatic rings. The minimum Gasteiger partial charge on any atom is -0.480 e. The largest absolute Gasteiger partial charge is 0.480 e. The summed E-state index contributed by atoms with van der Waals surface area (Å²) in [5, 5.41) is 5.46. The van der Waals surface area contributed by atoms with E-state index < -0.39 is 0 Å². The van der Waals surface area contributed by atoms with Crippen LogP contribution in [0.5, 0.6) is 5.88 Å². The number of thioether (sulfide) groups is 1. The Balaban J connectivity index is 1.47. The van der Waals surface area contributed by atoms with Crippen LogP contribution in [0.25, 0.3) is 10.6 Å². The fourth-order valence-electron chi connectivity index (χ4n) is 2.78. The molecule has 150 valence electrons. The van der Waals surface area contributed by atoms with Crippen LogP contribution in [-0.4, -0.2) is 23.0 Å². The maximum atomic E-state index is 12.7. The maximum absolute atomic E-state index is 12.7. The van der Waals surface area contributed by atoms with Crippen LogP contribution in [0.15, 0.2) is 83.2 Å². The molecule has 2 aromatic carbocycles. The van der Waals surface area contributed by atoms with Crippen molar-refractivity contribution in [2.75, 3.05) is 12.4 Å². The Hall–Kier alpha value is -3.16. The van der Waals surface area contributed by atoms with Crippen LogP contribution < -0.4 is 10.1 Å². The number of benzene rings is 2. The first-order valence-corrected chi connectivity index (χ1v) is 11.1. The van der Waals surface area contributed by atoms with Crippen LogP contribution >= 0.6 is 23.1 Å². The second-order valence-electron chi connectivity index (χ2n) is 6.36. The first-order valence-electron chi connectivity index (χ1n) is 9.26. The van der Waals surface area contributed by atoms with Gasteiger partial charge in [-0.2, -0.15) is 0 Å². The van der Waals surface area contributed by atoms with E-state index in [1.165, 1.54) is 16.9 Å². The molecule has 0 saturated heterocycles. The zero-order valence-corrected chi connectivity index (χ0v) is 17.9. The molecule has 0 radical (unpaired) electrons. The standard InChI is InChI=1S/C23H19N3O2S2/c1-28-22-20(29-14-16-8-4-2-5-9-16)12-18(13-24-22)25-21(27)19-15-30-23(26-19)17-10-6-3-7-11-17/h2-13,15H,14H2,1H3,(H,25,27). The van der Waals surface area contributed by atoms with Crippen molar-refractivity contribution in [3.05, 3.63) is 89.6 Å². The molecule has 0 bridgehead atoms. The van der Waals surface area contributed by atoms with Gasteiger partial charge in [-0.15, -0.1) is 23.1 Å². The van der Waals surface area contributed by atoms with Crippen LogP contribution in [0.4, 0.5) is 5.69 Å². The number of amides is 1. The van der Waals surface area contributed by atoms with Crippen LogP contribution in [0.3, 0.4) is 0 Å². The van der Waals surface area contributed by atoms with Gasteiger partial charge < -0.3 is 10.1 Å². The van der Waals surface area contributed by atoms with Crippen molar-refractivity contribution in [3.8, 4) is 16.5 Å². The highest BCUT2D eigenvalue weighted by molar-refractivity contribution is 7.98. The molecule has 4 rings (SSSR count). The Morgan fingerprint density at radius 2 is 1.83 bits per heavy atom. The lowest BCUT2D eigenvalue weighted by Gasteiger charge is -2.10. The summed E-state index contributed by atoms with van der Waals surface area (Å²) in [6.45, 7) is 0. The molecule has 0 atom stereocenters. The van der Waals surface area contributed by atoms with Gasteiger partial charge in [0.25, 0.3) is 5.91 Å². The second kappa shape index (κ2) is 9.56. The SMILES string of the molecule is COc1ncc(NC(=O)c2csc(-c3ccccc3)n2)cc1SCc1ccccc1. The lowest BCUT2D eigenvalue weighted by molar-refractivity contribution is 0.102. The fourth-order valence-corrected chi connectivity index (χ4v) is 4.57. The summed E-state index contributed by atoms with van der Waals surface area (Å²) in [7, 11) is 1.59. The molecular formula is C23H19N3O2S2. The van der Waals surface area contributed by atoms with Crippen molar-refractivity contribution in [1.29, 1.82) is 0 Å². The van der Waals surface area contributed by atoms with Gasteiger partial charge in [-0.05, 0) is 11.6 Å². The number of anilines is 1. The topological polar surface area (TPSA) is 64.1 Å². The number of pyridine rings is 1. The van der Waals surface area contributed by atoms with E-state index in [1.807, 2.05) is 54.6 Å². The highest BCUT2D eigenvalue weighted by atomic mass is 32.2. The lowest BCUT2D eigenvalue weighted by atomic mass is 10.2. The number of rotatable bonds is 7. The molecule has 1 amide bonds. The number of ether oxygens (including phenoxy) is 1. The summed E-state index contributed by atoms with van der Waals surface area (Å²) < 4.78 is 5.38. The minimum atomic E-state index is -0.264. The number of carbonyl (C=O) groups is 1. The normalized spacial score (nSPS) is 10.6. The average molecular weight is 434 g/mol. The molecule has 0 unspecified atom stereocenters. The molecule has 4 aromatic rings. The van der Waals surface area contributed by atoms with Crippen molar-refractivity contribution in [2.24, 2.45) is 0 Å². The van der Waals surface area contributed by atoms with Crippen LogP contribution in [0, 0.1) is 0 Å². The minimum absolute atomic E-state index is 0.264. The summed E-state index contributed by atoms with van der Waals surface area (Å²) in [6, 6.07) is 21.9. The number of nitrogens with zero attached hydrogens (tertiary/aromatic N) is 2. The third kappa shape index (κ3) is 4.87. The first-order chi connectivity index (χ1) is 14.7. The van der Waals surface area contributed by atoms with E-state index in [1.54, 1.807) is 30.4 Å². The van der Waals surface area contributed by atoms with Gasteiger partial charge >= 0.3 is 0 Å². The van der Waals surface area contributed by atoms with Gasteiger partial charge in [0.05, 0.1) is 23.9 Å². The smallest absolute Gasteiger partial charge is 0.275 e.